The predicted octanol–water partition coefficient (Wildman–Crippen LogP) is 3.70. The van der Waals surface area contributed by atoms with Crippen molar-refractivity contribution in [2.24, 2.45) is 22.7 Å². The van der Waals surface area contributed by atoms with E-state index in [1.54, 1.807) is 6.07 Å². The molecule has 1 aromatic carbocycles. The van der Waals surface area contributed by atoms with Gasteiger partial charge in [-0.1, -0.05) is 30.6 Å². The van der Waals surface area contributed by atoms with E-state index in [0.29, 0.717) is 10.9 Å². The van der Waals surface area contributed by atoms with Crippen LogP contribution in [0.25, 0.3) is 0 Å². The Bertz CT molecular complexity index is 516. The minimum absolute atomic E-state index is 0.131. The quantitative estimate of drug-likeness (QED) is 0.387. The van der Waals surface area contributed by atoms with Gasteiger partial charge in [0, 0.05) is 29.4 Å². The summed E-state index contributed by atoms with van der Waals surface area (Å²) < 4.78 is 0. The second-order valence-corrected chi connectivity index (χ2v) is 6.51. The molecule has 0 radical (unpaired) electrons. The maximum atomic E-state index is 8.96. The number of oxime groups is 1. The third kappa shape index (κ3) is 3.82. The van der Waals surface area contributed by atoms with Gasteiger partial charge in [-0.25, -0.2) is 0 Å². The highest BCUT2D eigenvalue weighted by molar-refractivity contribution is 6.31. The summed E-state index contributed by atoms with van der Waals surface area (Å²) in [7, 11) is 0. The number of benzene rings is 1. The Kier molecular flexibility index (Phi) is 5.34. The Balaban J connectivity index is 2.27. The molecule has 116 valence electrons. The van der Waals surface area contributed by atoms with Crippen LogP contribution in [0.3, 0.4) is 0 Å². The first-order valence-corrected chi connectivity index (χ1v) is 7.93. The third-order valence-corrected chi connectivity index (χ3v) is 4.63. The highest BCUT2D eigenvalue weighted by Crippen LogP contribution is 2.30. The van der Waals surface area contributed by atoms with E-state index in [1.807, 2.05) is 12.1 Å². The van der Waals surface area contributed by atoms with Gasteiger partial charge in [0.15, 0.2) is 5.84 Å². The molecule has 1 heterocycles. The van der Waals surface area contributed by atoms with Crippen LogP contribution in [-0.2, 0) is 0 Å². The molecular formula is C16H24ClN3O. The highest BCUT2D eigenvalue weighted by atomic mass is 35.5. The standard InChI is InChI=1S/C16H24ClN3O/c1-11(2)12-4-3-8-20(9-7-12)15-10-13(17)5-6-14(15)16(18)19-21/h5-6,10-12,21H,3-4,7-9H2,1-2H3,(H2,18,19). The molecule has 2 rings (SSSR count). The summed E-state index contributed by atoms with van der Waals surface area (Å²) in [5.74, 6) is 1.61. The molecule has 0 spiro atoms. The smallest absolute Gasteiger partial charge is 0.172 e. The maximum Gasteiger partial charge on any atom is 0.172 e. The number of halogens is 1. The summed E-state index contributed by atoms with van der Waals surface area (Å²) in [5, 5.41) is 12.8. The molecule has 1 fully saturated rings. The fourth-order valence-electron chi connectivity index (χ4n) is 3.07. The topological polar surface area (TPSA) is 61.8 Å². The first kappa shape index (κ1) is 16.0. The number of nitrogens with two attached hydrogens (primary N) is 1. The van der Waals surface area contributed by atoms with Crippen LogP contribution in [-0.4, -0.2) is 24.1 Å². The van der Waals surface area contributed by atoms with Crippen molar-refractivity contribution in [3.05, 3.63) is 28.8 Å². The van der Waals surface area contributed by atoms with E-state index < -0.39 is 0 Å². The number of rotatable bonds is 3. The molecular weight excluding hydrogens is 286 g/mol. The first-order chi connectivity index (χ1) is 10.0. The highest BCUT2D eigenvalue weighted by Gasteiger charge is 2.22. The van der Waals surface area contributed by atoms with Gasteiger partial charge >= 0.3 is 0 Å². The lowest BCUT2D eigenvalue weighted by atomic mass is 9.89. The van der Waals surface area contributed by atoms with Crippen LogP contribution in [0.4, 0.5) is 5.69 Å². The summed E-state index contributed by atoms with van der Waals surface area (Å²) in [5.41, 5.74) is 7.50. The fraction of sp³-hybridized carbons (Fsp3) is 0.562. The number of anilines is 1. The normalized spacial score (nSPS) is 20.7. The van der Waals surface area contributed by atoms with Gasteiger partial charge in [0.05, 0.1) is 0 Å². The summed E-state index contributed by atoms with van der Waals surface area (Å²) in [6.45, 7) is 6.55. The zero-order valence-corrected chi connectivity index (χ0v) is 13.5. The Morgan fingerprint density at radius 2 is 2.14 bits per heavy atom. The Hall–Kier alpha value is -1.42. The van der Waals surface area contributed by atoms with Crippen molar-refractivity contribution >= 4 is 23.1 Å². The Morgan fingerprint density at radius 1 is 1.38 bits per heavy atom. The lowest BCUT2D eigenvalue weighted by Gasteiger charge is -2.26. The van der Waals surface area contributed by atoms with E-state index in [0.717, 1.165) is 36.7 Å². The molecule has 4 nitrogen and oxygen atoms in total. The van der Waals surface area contributed by atoms with Crippen LogP contribution in [0, 0.1) is 11.8 Å². The zero-order chi connectivity index (χ0) is 15.4. The molecule has 0 amide bonds. The second kappa shape index (κ2) is 7.03. The lowest BCUT2D eigenvalue weighted by Crippen LogP contribution is -2.28. The van der Waals surface area contributed by atoms with Crippen molar-refractivity contribution in [3.8, 4) is 0 Å². The van der Waals surface area contributed by atoms with Gasteiger partial charge in [-0.2, -0.15) is 0 Å². The first-order valence-electron chi connectivity index (χ1n) is 7.55. The van der Waals surface area contributed by atoms with E-state index in [1.165, 1.54) is 12.8 Å². The van der Waals surface area contributed by atoms with Gasteiger partial charge in [0.1, 0.15) is 0 Å². The number of hydrogen-bond acceptors (Lipinski definition) is 3. The zero-order valence-electron chi connectivity index (χ0n) is 12.7. The summed E-state index contributed by atoms with van der Waals surface area (Å²) in [4.78, 5) is 2.31. The molecule has 1 saturated heterocycles. The average Bonchev–Trinajstić information content (AvgIpc) is 2.72. The molecule has 0 bridgehead atoms. The second-order valence-electron chi connectivity index (χ2n) is 6.07. The van der Waals surface area contributed by atoms with E-state index in [9.17, 15) is 0 Å². The minimum atomic E-state index is 0.131. The molecule has 1 unspecified atom stereocenters. The van der Waals surface area contributed by atoms with Gasteiger partial charge < -0.3 is 15.8 Å². The Labute approximate surface area is 131 Å². The monoisotopic (exact) mass is 309 g/mol. The van der Waals surface area contributed by atoms with E-state index in [2.05, 4.69) is 23.9 Å². The van der Waals surface area contributed by atoms with Gasteiger partial charge in [-0.3, -0.25) is 0 Å². The number of hydrogen-bond donors (Lipinski definition) is 2. The number of nitrogens with zero attached hydrogens (tertiary/aromatic N) is 2. The summed E-state index contributed by atoms with van der Waals surface area (Å²) in [6.07, 6.45) is 3.58. The molecule has 1 aromatic rings. The molecule has 21 heavy (non-hydrogen) atoms. The van der Waals surface area contributed by atoms with Crippen molar-refractivity contribution < 1.29 is 5.21 Å². The van der Waals surface area contributed by atoms with Crippen LogP contribution in [0.5, 0.6) is 0 Å². The van der Waals surface area contributed by atoms with E-state index >= 15 is 0 Å². The van der Waals surface area contributed by atoms with Crippen LogP contribution < -0.4 is 10.6 Å². The molecule has 0 saturated carbocycles. The average molecular weight is 310 g/mol. The summed E-state index contributed by atoms with van der Waals surface area (Å²) in [6, 6.07) is 5.50. The lowest BCUT2D eigenvalue weighted by molar-refractivity contribution is 0.318. The van der Waals surface area contributed by atoms with Crippen molar-refractivity contribution in [1.29, 1.82) is 0 Å². The molecule has 0 aromatic heterocycles. The fourth-order valence-corrected chi connectivity index (χ4v) is 3.23. The van der Waals surface area contributed by atoms with Crippen molar-refractivity contribution in [2.45, 2.75) is 33.1 Å². The minimum Gasteiger partial charge on any atom is -0.409 e. The van der Waals surface area contributed by atoms with Gasteiger partial charge in [-0.05, 0) is 49.3 Å². The predicted molar refractivity (Wildman–Crippen MR) is 88.4 cm³/mol. The maximum absolute atomic E-state index is 8.96. The van der Waals surface area contributed by atoms with Crippen LogP contribution >= 0.6 is 11.6 Å². The van der Waals surface area contributed by atoms with Crippen LogP contribution in [0.2, 0.25) is 5.02 Å². The van der Waals surface area contributed by atoms with Crippen LogP contribution in [0.1, 0.15) is 38.7 Å². The van der Waals surface area contributed by atoms with Crippen molar-refractivity contribution in [3.63, 3.8) is 0 Å². The van der Waals surface area contributed by atoms with Gasteiger partial charge in [-0.15, -0.1) is 0 Å². The SMILES string of the molecule is CC(C)C1CCCN(c2cc(Cl)ccc2C(N)=NO)CC1. The third-order valence-electron chi connectivity index (χ3n) is 4.40. The van der Waals surface area contributed by atoms with Gasteiger partial charge in [0.25, 0.3) is 0 Å². The molecule has 3 N–H and O–H groups in total. The number of amidine groups is 1. The molecule has 0 aliphatic carbocycles. The molecule has 5 heteroatoms. The molecule has 1 atom stereocenters. The largest absolute Gasteiger partial charge is 0.409 e. The van der Waals surface area contributed by atoms with E-state index in [-0.39, 0.29) is 5.84 Å². The van der Waals surface area contributed by atoms with Crippen molar-refractivity contribution in [1.82, 2.24) is 0 Å². The Morgan fingerprint density at radius 3 is 2.81 bits per heavy atom. The molecule has 1 aliphatic heterocycles. The van der Waals surface area contributed by atoms with Crippen molar-refractivity contribution in [2.75, 3.05) is 18.0 Å². The van der Waals surface area contributed by atoms with E-state index in [4.69, 9.17) is 22.5 Å². The molecule has 1 aliphatic rings. The summed E-state index contributed by atoms with van der Waals surface area (Å²) >= 11 is 6.13. The van der Waals surface area contributed by atoms with Crippen LogP contribution in [0.15, 0.2) is 23.4 Å². The van der Waals surface area contributed by atoms with Gasteiger partial charge in [0.2, 0.25) is 0 Å².